The quantitative estimate of drug-likeness (QED) is 0.293. The number of rotatable bonds is 1. The number of hydrogen-bond donors (Lipinski definition) is 0. The van der Waals surface area contributed by atoms with Gasteiger partial charge in [-0.05, 0) is 111 Å². The van der Waals surface area contributed by atoms with E-state index in [1.165, 1.54) is 77.0 Å². The van der Waals surface area contributed by atoms with Crippen LogP contribution in [0, 0.1) is 17.8 Å². The van der Waals surface area contributed by atoms with Crippen LogP contribution >= 0.6 is 23.5 Å². The molecule has 5 heteroatoms. The maximum atomic E-state index is 3.44. The Morgan fingerprint density at radius 1 is 0.628 bits per heavy atom. The van der Waals surface area contributed by atoms with E-state index in [9.17, 15) is 0 Å². The molecule has 7 saturated carbocycles. The molecule has 2 nitrogen and oxygen atoms in total. The minimum Gasteiger partial charge on any atom is -0.293 e. The van der Waals surface area contributed by atoms with Gasteiger partial charge in [0, 0.05) is 57.3 Å². The van der Waals surface area contributed by atoms with Crippen molar-refractivity contribution in [1.29, 1.82) is 0 Å². The first-order chi connectivity index (χ1) is 21.2. The molecule has 12 rings (SSSR count). The van der Waals surface area contributed by atoms with Crippen molar-refractivity contribution >= 4 is 30.2 Å². The Hall–Kier alpha value is -0.0951. The zero-order chi connectivity index (χ0) is 28.0. The zero-order valence-electron chi connectivity index (χ0n) is 26.4. The van der Waals surface area contributed by atoms with Crippen molar-refractivity contribution in [3.63, 3.8) is 0 Å². The predicted molar refractivity (Wildman–Crippen MR) is 184 cm³/mol. The summed E-state index contributed by atoms with van der Waals surface area (Å²) in [5, 5.41) is 3.72. The normalized spacial score (nSPS) is 56.4. The summed E-state index contributed by atoms with van der Waals surface area (Å²) in [6, 6.07) is 17.3. The van der Waals surface area contributed by atoms with Crippen LogP contribution in [0.25, 0.3) is 0 Å². The molecular weight excluding hydrogens is 559 g/mol. The summed E-state index contributed by atoms with van der Waals surface area (Å²) in [6.45, 7) is 3.70. The Labute approximate surface area is 270 Å². The van der Waals surface area contributed by atoms with Gasteiger partial charge in [-0.2, -0.15) is 23.5 Å². The summed E-state index contributed by atoms with van der Waals surface area (Å²) in [5.41, 5.74) is 1.67. The Bertz CT molecular complexity index is 1240. The summed E-state index contributed by atoms with van der Waals surface area (Å²) in [5.74, 6) is 6.78. The van der Waals surface area contributed by atoms with Crippen LogP contribution in [0.3, 0.4) is 0 Å². The highest BCUT2D eigenvalue weighted by Gasteiger charge is 2.73. The zero-order valence-corrected chi connectivity index (χ0v) is 28.0. The Morgan fingerprint density at radius 3 is 2.00 bits per heavy atom. The van der Waals surface area contributed by atoms with Crippen molar-refractivity contribution < 1.29 is 0 Å². The van der Waals surface area contributed by atoms with E-state index >= 15 is 0 Å². The van der Waals surface area contributed by atoms with Crippen LogP contribution < -0.4 is 0 Å². The number of nitrogens with zero attached hydrogens (tertiary/aromatic N) is 2. The Balaban J connectivity index is 1.08. The van der Waals surface area contributed by atoms with E-state index < -0.39 is 0 Å². The predicted octanol–water partition coefficient (Wildman–Crippen LogP) is 8.60. The van der Waals surface area contributed by atoms with Crippen LogP contribution in [0.2, 0.25) is 17.5 Å². The highest BCUT2D eigenvalue weighted by Crippen LogP contribution is 2.72. The van der Waals surface area contributed by atoms with Gasteiger partial charge in [0.2, 0.25) is 0 Å². The highest BCUT2D eigenvalue weighted by molar-refractivity contribution is 8.01. The molecule has 4 saturated heterocycles. The molecule has 230 valence electrons. The lowest BCUT2D eigenvalue weighted by atomic mass is 9.15. The molecule has 17 atom stereocenters. The summed E-state index contributed by atoms with van der Waals surface area (Å²) < 4.78 is 0. The van der Waals surface area contributed by atoms with Crippen molar-refractivity contribution in [2.45, 2.75) is 177 Å². The first kappa shape index (κ1) is 26.9. The molecule has 7 aliphatic carbocycles. The topological polar surface area (TPSA) is 6.48 Å². The molecule has 0 N–H and O–H groups in total. The lowest BCUT2D eigenvalue weighted by Crippen LogP contribution is -2.82. The van der Waals surface area contributed by atoms with Crippen molar-refractivity contribution in [3.05, 3.63) is 35.9 Å². The molecule has 0 spiro atoms. The number of fused-ring (bicyclic) bond motifs is 7. The van der Waals surface area contributed by atoms with E-state index in [1.54, 1.807) is 18.4 Å². The molecule has 0 radical (unpaired) electrons. The smallest absolute Gasteiger partial charge is 0.157 e. The number of benzene rings is 1. The average molecular weight is 613 g/mol. The lowest BCUT2D eigenvalue weighted by molar-refractivity contribution is -0.103. The van der Waals surface area contributed by atoms with E-state index in [0.29, 0.717) is 0 Å². The second-order valence-corrected chi connectivity index (χ2v) is 20.4. The van der Waals surface area contributed by atoms with Gasteiger partial charge in [-0.3, -0.25) is 9.80 Å². The molecule has 17 unspecified atom stereocenters. The number of thioether (sulfide) groups is 2. The van der Waals surface area contributed by atoms with Gasteiger partial charge in [0.1, 0.15) is 0 Å². The highest BCUT2D eigenvalue weighted by atomic mass is 32.2. The van der Waals surface area contributed by atoms with Crippen molar-refractivity contribution in [1.82, 2.24) is 9.80 Å². The SMILES string of the molecule is CC1C2CC1C1B3C4CC(c5ccccc5)CCC4N4C5CCCCC5SC5CC6SC7CCCCC7N(C1C2)C6C3C54. The largest absolute Gasteiger partial charge is 0.293 e. The van der Waals surface area contributed by atoms with Gasteiger partial charge in [0.25, 0.3) is 0 Å². The van der Waals surface area contributed by atoms with Gasteiger partial charge in [-0.15, -0.1) is 0 Å². The van der Waals surface area contributed by atoms with Crippen LogP contribution in [0.15, 0.2) is 30.3 Å². The first-order valence-corrected chi connectivity index (χ1v) is 21.0. The molecule has 2 bridgehead atoms. The van der Waals surface area contributed by atoms with Gasteiger partial charge in [-0.1, -0.05) is 62.9 Å². The fourth-order valence-electron chi connectivity index (χ4n) is 14.9. The summed E-state index contributed by atoms with van der Waals surface area (Å²) in [6.07, 6.45) is 21.2. The Kier molecular flexibility index (Phi) is 6.23. The molecule has 0 aromatic heterocycles. The average Bonchev–Trinajstić information content (AvgIpc) is 3.07. The van der Waals surface area contributed by atoms with Gasteiger partial charge in [0.05, 0.1) is 0 Å². The third kappa shape index (κ3) is 3.67. The number of hydrogen-bond acceptors (Lipinski definition) is 4. The first-order valence-electron chi connectivity index (χ1n) is 19.2. The van der Waals surface area contributed by atoms with Crippen molar-refractivity contribution in [2.24, 2.45) is 17.8 Å². The molecule has 0 amide bonds. The summed E-state index contributed by atoms with van der Waals surface area (Å²) in [7, 11) is 0. The minimum absolute atomic E-state index is 0.797. The summed E-state index contributed by atoms with van der Waals surface area (Å²) in [4.78, 5) is 6.85. The molecule has 4 heterocycles. The van der Waals surface area contributed by atoms with Gasteiger partial charge < -0.3 is 0 Å². The molecule has 1 aromatic carbocycles. The van der Waals surface area contributed by atoms with E-state index in [-0.39, 0.29) is 0 Å². The third-order valence-electron chi connectivity index (χ3n) is 16.3. The molecular formula is C38H53BN2S2. The fraction of sp³-hybridized carbons (Fsp3) is 0.842. The molecule has 43 heavy (non-hydrogen) atoms. The minimum atomic E-state index is 0.797. The maximum absolute atomic E-state index is 3.44. The molecule has 4 aliphatic heterocycles. The van der Waals surface area contributed by atoms with E-state index in [1.807, 2.05) is 0 Å². The second kappa shape index (κ2) is 9.96. The maximum Gasteiger partial charge on any atom is 0.157 e. The standard InChI is InChI=1S/C38H53BN2S2/c1-21-24-17-25(21)35-30(19-24)41-29-12-6-8-14-32(29)43-34-20-33-37-36(38(34)41)39(35)26-18-23(22-9-3-2-4-10-22)15-16-27(26)40(37)28-11-5-7-13-31(28)42-33/h2-4,9-10,21,23-38H,5-8,11-20H2,1H3. The van der Waals surface area contributed by atoms with Crippen LogP contribution in [-0.4, -0.2) is 73.8 Å². The van der Waals surface area contributed by atoms with Gasteiger partial charge >= 0.3 is 0 Å². The van der Waals surface area contributed by atoms with Crippen LogP contribution in [0.5, 0.6) is 0 Å². The van der Waals surface area contributed by atoms with E-state index in [0.717, 1.165) is 105 Å². The molecule has 11 fully saturated rings. The van der Waals surface area contributed by atoms with E-state index in [4.69, 9.17) is 0 Å². The Morgan fingerprint density at radius 2 is 1.30 bits per heavy atom. The fourth-order valence-corrected chi connectivity index (χ4v) is 19.0. The van der Waals surface area contributed by atoms with Crippen molar-refractivity contribution in [2.75, 3.05) is 0 Å². The third-order valence-corrected chi connectivity index (χ3v) is 19.7. The second-order valence-electron chi connectivity index (χ2n) is 17.4. The molecule has 1 aromatic rings. The van der Waals surface area contributed by atoms with Crippen molar-refractivity contribution in [3.8, 4) is 0 Å². The summed E-state index contributed by atoms with van der Waals surface area (Å²) >= 11 is 5.15. The monoisotopic (exact) mass is 612 g/mol. The van der Waals surface area contributed by atoms with Crippen LogP contribution in [0.4, 0.5) is 0 Å². The lowest BCUT2D eigenvalue weighted by Gasteiger charge is -2.76. The van der Waals surface area contributed by atoms with Crippen LogP contribution in [-0.2, 0) is 0 Å². The van der Waals surface area contributed by atoms with Gasteiger partial charge in [-0.25, -0.2) is 0 Å². The molecule has 11 aliphatic rings. The van der Waals surface area contributed by atoms with Gasteiger partial charge in [0.15, 0.2) is 6.71 Å². The van der Waals surface area contributed by atoms with E-state index in [2.05, 4.69) is 70.6 Å². The van der Waals surface area contributed by atoms with Crippen LogP contribution in [0.1, 0.15) is 108 Å².